The molecule has 0 aliphatic heterocycles. The molecule has 0 saturated carbocycles. The first-order valence-corrected chi connectivity index (χ1v) is 8.49. The van der Waals surface area contributed by atoms with Crippen LogP contribution in [0.5, 0.6) is 0 Å². The molecule has 6 heteroatoms. The van der Waals surface area contributed by atoms with Gasteiger partial charge >= 0.3 is 0 Å². The summed E-state index contributed by atoms with van der Waals surface area (Å²) in [5.41, 5.74) is 1.34. The Labute approximate surface area is 164 Å². The zero-order chi connectivity index (χ0) is 16.8. The van der Waals surface area contributed by atoms with Gasteiger partial charge in [0, 0.05) is 33.3 Å². The first-order chi connectivity index (χ1) is 11.3. The van der Waals surface area contributed by atoms with Gasteiger partial charge in [0.1, 0.15) is 0 Å². The van der Waals surface area contributed by atoms with Gasteiger partial charge in [-0.15, -0.1) is 24.0 Å². The molecule has 5 nitrogen and oxygen atoms in total. The highest BCUT2D eigenvalue weighted by atomic mass is 127. The van der Waals surface area contributed by atoms with E-state index >= 15 is 0 Å². The van der Waals surface area contributed by atoms with E-state index in [1.165, 1.54) is 5.56 Å². The summed E-state index contributed by atoms with van der Waals surface area (Å²) in [6.07, 6.45) is 2.06. The van der Waals surface area contributed by atoms with E-state index < -0.39 is 0 Å². The third-order valence-electron chi connectivity index (χ3n) is 3.54. The second-order valence-corrected chi connectivity index (χ2v) is 5.57. The summed E-state index contributed by atoms with van der Waals surface area (Å²) in [4.78, 5) is 6.91. The Bertz CT molecular complexity index is 428. The van der Waals surface area contributed by atoms with Crippen molar-refractivity contribution in [3.8, 4) is 0 Å². The van der Waals surface area contributed by atoms with Crippen LogP contribution in [0, 0.1) is 0 Å². The van der Waals surface area contributed by atoms with Gasteiger partial charge in [0.05, 0.1) is 6.61 Å². The van der Waals surface area contributed by atoms with Crippen LogP contribution in [0.2, 0.25) is 0 Å². The Hall–Kier alpha value is -0.860. The summed E-state index contributed by atoms with van der Waals surface area (Å²) < 4.78 is 5.08. The van der Waals surface area contributed by atoms with E-state index in [1.54, 1.807) is 7.11 Å². The number of hydrogen-bond acceptors (Lipinski definition) is 3. The molecule has 1 aromatic rings. The van der Waals surface area contributed by atoms with Crippen molar-refractivity contribution in [3.05, 3.63) is 35.9 Å². The van der Waals surface area contributed by atoms with Gasteiger partial charge in [0.15, 0.2) is 5.96 Å². The lowest BCUT2D eigenvalue weighted by Crippen LogP contribution is -2.38. The standard InChI is InChI=1S/C18H32N4O.HI/c1-4-19-18(20-12-8-14-22(2)15-16-23-3)21-13-11-17-9-6-5-7-10-17;/h5-7,9-10H,4,8,11-16H2,1-3H3,(H2,19,20,21);1H. The number of benzene rings is 1. The second kappa shape index (κ2) is 15.7. The number of methoxy groups -OCH3 is 1. The predicted octanol–water partition coefficient (Wildman–Crippen LogP) is 2.37. The maximum absolute atomic E-state index is 5.08. The molecule has 1 rings (SSSR count). The minimum Gasteiger partial charge on any atom is -0.383 e. The fourth-order valence-corrected chi connectivity index (χ4v) is 2.20. The zero-order valence-electron chi connectivity index (χ0n) is 15.3. The summed E-state index contributed by atoms with van der Waals surface area (Å²) in [5, 5.41) is 6.69. The Balaban J connectivity index is 0.00000529. The van der Waals surface area contributed by atoms with Crippen molar-refractivity contribution in [3.63, 3.8) is 0 Å². The predicted molar refractivity (Wildman–Crippen MR) is 114 cm³/mol. The number of likely N-dealkylation sites (N-methyl/N-ethyl adjacent to an activating group) is 1. The molecule has 0 amide bonds. The number of nitrogens with one attached hydrogen (secondary N) is 2. The number of nitrogens with zero attached hydrogens (tertiary/aromatic N) is 2. The van der Waals surface area contributed by atoms with Gasteiger partial charge in [-0.05, 0) is 38.9 Å². The summed E-state index contributed by atoms with van der Waals surface area (Å²) in [6.45, 7) is 7.48. The topological polar surface area (TPSA) is 48.9 Å². The molecule has 0 aromatic heterocycles. The monoisotopic (exact) mass is 448 g/mol. The normalized spacial score (nSPS) is 11.2. The molecule has 0 bridgehead atoms. The summed E-state index contributed by atoms with van der Waals surface area (Å²) in [6, 6.07) is 10.5. The zero-order valence-corrected chi connectivity index (χ0v) is 17.6. The molecular formula is C18H33IN4O. The van der Waals surface area contributed by atoms with Crippen LogP contribution in [0.25, 0.3) is 0 Å². The van der Waals surface area contributed by atoms with Crippen molar-refractivity contribution < 1.29 is 4.74 Å². The highest BCUT2D eigenvalue weighted by Crippen LogP contribution is 1.98. The molecule has 0 aliphatic carbocycles. The van der Waals surface area contributed by atoms with Gasteiger partial charge in [-0.3, -0.25) is 4.99 Å². The molecule has 0 saturated heterocycles. The van der Waals surface area contributed by atoms with Gasteiger partial charge in [0.25, 0.3) is 0 Å². The van der Waals surface area contributed by atoms with Crippen molar-refractivity contribution in [2.75, 3.05) is 53.5 Å². The lowest BCUT2D eigenvalue weighted by atomic mass is 10.1. The van der Waals surface area contributed by atoms with Crippen molar-refractivity contribution in [1.29, 1.82) is 0 Å². The summed E-state index contributed by atoms with van der Waals surface area (Å²) in [7, 11) is 3.86. The molecule has 0 fully saturated rings. The van der Waals surface area contributed by atoms with Gasteiger partial charge < -0.3 is 20.3 Å². The van der Waals surface area contributed by atoms with Crippen LogP contribution in [0.1, 0.15) is 18.9 Å². The van der Waals surface area contributed by atoms with Crippen molar-refractivity contribution in [2.24, 2.45) is 4.99 Å². The number of aliphatic imine (C=N–C) groups is 1. The van der Waals surface area contributed by atoms with E-state index in [4.69, 9.17) is 4.74 Å². The third kappa shape index (κ3) is 11.6. The SMILES string of the molecule is CCNC(=NCCCN(C)CCOC)NCCc1ccccc1.I. The Morgan fingerprint density at radius 3 is 2.58 bits per heavy atom. The van der Waals surface area contributed by atoms with Gasteiger partial charge in [-0.1, -0.05) is 30.3 Å². The van der Waals surface area contributed by atoms with Crippen molar-refractivity contribution in [2.45, 2.75) is 19.8 Å². The molecule has 0 aliphatic rings. The highest BCUT2D eigenvalue weighted by Gasteiger charge is 1.99. The molecular weight excluding hydrogens is 415 g/mol. The number of guanidine groups is 1. The Morgan fingerprint density at radius 1 is 1.17 bits per heavy atom. The lowest BCUT2D eigenvalue weighted by Gasteiger charge is -2.15. The molecule has 2 N–H and O–H groups in total. The number of hydrogen-bond donors (Lipinski definition) is 2. The van der Waals surface area contributed by atoms with E-state index in [1.807, 2.05) is 6.07 Å². The van der Waals surface area contributed by atoms with Crippen LogP contribution < -0.4 is 10.6 Å². The lowest BCUT2D eigenvalue weighted by molar-refractivity contribution is 0.161. The van der Waals surface area contributed by atoms with Crippen LogP contribution in [0.3, 0.4) is 0 Å². The Morgan fingerprint density at radius 2 is 1.92 bits per heavy atom. The minimum absolute atomic E-state index is 0. The van der Waals surface area contributed by atoms with E-state index in [9.17, 15) is 0 Å². The first kappa shape index (κ1) is 23.1. The quantitative estimate of drug-likeness (QED) is 0.236. The second-order valence-electron chi connectivity index (χ2n) is 5.57. The molecule has 0 spiro atoms. The number of halogens is 1. The van der Waals surface area contributed by atoms with Crippen LogP contribution in [0.4, 0.5) is 0 Å². The van der Waals surface area contributed by atoms with Gasteiger partial charge in [-0.2, -0.15) is 0 Å². The van der Waals surface area contributed by atoms with E-state index in [0.717, 1.165) is 58.1 Å². The average Bonchev–Trinajstić information content (AvgIpc) is 2.57. The van der Waals surface area contributed by atoms with E-state index in [-0.39, 0.29) is 24.0 Å². The van der Waals surface area contributed by atoms with E-state index in [0.29, 0.717) is 0 Å². The number of rotatable bonds is 11. The van der Waals surface area contributed by atoms with Crippen LogP contribution >= 0.6 is 24.0 Å². The molecule has 138 valence electrons. The maximum atomic E-state index is 5.08. The average molecular weight is 448 g/mol. The summed E-state index contributed by atoms with van der Waals surface area (Å²) in [5.74, 6) is 0.906. The van der Waals surface area contributed by atoms with Gasteiger partial charge in [0.2, 0.25) is 0 Å². The fourth-order valence-electron chi connectivity index (χ4n) is 2.20. The molecule has 0 radical (unpaired) electrons. The minimum atomic E-state index is 0. The molecule has 0 atom stereocenters. The van der Waals surface area contributed by atoms with Crippen molar-refractivity contribution in [1.82, 2.24) is 15.5 Å². The van der Waals surface area contributed by atoms with E-state index in [2.05, 4.69) is 58.8 Å². The van der Waals surface area contributed by atoms with Crippen LogP contribution in [-0.4, -0.2) is 64.3 Å². The van der Waals surface area contributed by atoms with Crippen LogP contribution in [-0.2, 0) is 11.2 Å². The largest absolute Gasteiger partial charge is 0.383 e. The summed E-state index contributed by atoms with van der Waals surface area (Å²) >= 11 is 0. The fraction of sp³-hybridized carbons (Fsp3) is 0.611. The highest BCUT2D eigenvalue weighted by molar-refractivity contribution is 14.0. The third-order valence-corrected chi connectivity index (χ3v) is 3.54. The van der Waals surface area contributed by atoms with Gasteiger partial charge in [-0.25, -0.2) is 0 Å². The maximum Gasteiger partial charge on any atom is 0.191 e. The number of ether oxygens (including phenoxy) is 1. The Kier molecular flexibility index (Phi) is 15.1. The molecule has 1 aromatic carbocycles. The van der Waals surface area contributed by atoms with Crippen LogP contribution in [0.15, 0.2) is 35.3 Å². The molecule has 0 unspecified atom stereocenters. The first-order valence-electron chi connectivity index (χ1n) is 8.49. The van der Waals surface area contributed by atoms with Crippen molar-refractivity contribution >= 4 is 29.9 Å². The molecule has 24 heavy (non-hydrogen) atoms. The molecule has 0 heterocycles. The smallest absolute Gasteiger partial charge is 0.191 e.